The fraction of sp³-hybridized carbons (Fsp3) is 0.263. The summed E-state index contributed by atoms with van der Waals surface area (Å²) in [4.78, 5) is 23.5. The summed E-state index contributed by atoms with van der Waals surface area (Å²) >= 11 is 0. The Hall–Kier alpha value is -2.62. The van der Waals surface area contributed by atoms with Gasteiger partial charge in [-0.1, -0.05) is 48.5 Å². The zero-order chi connectivity index (χ0) is 16.1. The number of amides is 1. The minimum Gasteiger partial charge on any atom is -0.461 e. The van der Waals surface area contributed by atoms with Gasteiger partial charge in [0.1, 0.15) is 6.61 Å². The molecule has 0 fully saturated rings. The van der Waals surface area contributed by atoms with Crippen molar-refractivity contribution in [2.75, 3.05) is 5.32 Å². The minimum absolute atomic E-state index is 0.0385. The molecule has 0 spiro atoms. The summed E-state index contributed by atoms with van der Waals surface area (Å²) < 4.78 is 5.29. The van der Waals surface area contributed by atoms with Gasteiger partial charge in [0.2, 0.25) is 5.91 Å². The van der Waals surface area contributed by atoms with Crippen LogP contribution in [0.25, 0.3) is 0 Å². The van der Waals surface area contributed by atoms with E-state index in [2.05, 4.69) is 5.32 Å². The van der Waals surface area contributed by atoms with Crippen molar-refractivity contribution in [3.8, 4) is 0 Å². The number of ether oxygens (including phenoxy) is 1. The number of carbonyl (C=O) groups is 2. The number of benzene rings is 2. The predicted molar refractivity (Wildman–Crippen MR) is 88.0 cm³/mol. The molecule has 0 radical (unpaired) electrons. The highest BCUT2D eigenvalue weighted by Crippen LogP contribution is 2.27. The van der Waals surface area contributed by atoms with Crippen LogP contribution in [0.15, 0.2) is 48.5 Å². The van der Waals surface area contributed by atoms with Gasteiger partial charge >= 0.3 is 5.97 Å². The van der Waals surface area contributed by atoms with Crippen LogP contribution in [0, 0.1) is 0 Å². The molecule has 1 amide bonds. The number of hydrogen-bond donors (Lipinski definition) is 1. The van der Waals surface area contributed by atoms with Gasteiger partial charge in [0.05, 0.1) is 0 Å². The lowest BCUT2D eigenvalue weighted by Crippen LogP contribution is -2.20. The number of anilines is 1. The number of para-hydroxylation sites is 1. The summed E-state index contributed by atoms with van der Waals surface area (Å²) in [5.74, 6) is -0.190. The lowest BCUT2D eigenvalue weighted by atomic mass is 9.97. The third kappa shape index (κ3) is 3.97. The fourth-order valence-electron chi connectivity index (χ4n) is 2.73. The predicted octanol–water partition coefficient (Wildman–Crippen LogP) is 3.25. The SMILES string of the molecule is O=C1CCc2cccc(CCC(=O)OCc3ccccc3)c2N1. The highest BCUT2D eigenvalue weighted by molar-refractivity contribution is 5.94. The first-order valence-corrected chi connectivity index (χ1v) is 7.82. The van der Waals surface area contributed by atoms with Gasteiger partial charge in [0.25, 0.3) is 0 Å². The van der Waals surface area contributed by atoms with Crippen molar-refractivity contribution in [2.45, 2.75) is 32.3 Å². The van der Waals surface area contributed by atoms with Crippen LogP contribution in [-0.4, -0.2) is 11.9 Å². The zero-order valence-corrected chi connectivity index (χ0v) is 12.9. The van der Waals surface area contributed by atoms with Crippen molar-refractivity contribution in [2.24, 2.45) is 0 Å². The van der Waals surface area contributed by atoms with Gasteiger partial charge in [-0.2, -0.15) is 0 Å². The maximum absolute atomic E-state index is 11.9. The van der Waals surface area contributed by atoms with Crippen LogP contribution >= 0.6 is 0 Å². The third-order valence-corrected chi connectivity index (χ3v) is 3.96. The molecule has 23 heavy (non-hydrogen) atoms. The third-order valence-electron chi connectivity index (χ3n) is 3.96. The Kier molecular flexibility index (Phi) is 4.71. The lowest BCUT2D eigenvalue weighted by molar-refractivity contribution is -0.144. The van der Waals surface area contributed by atoms with Gasteiger partial charge in [-0.05, 0) is 29.5 Å². The van der Waals surface area contributed by atoms with Gasteiger partial charge in [-0.15, -0.1) is 0 Å². The summed E-state index contributed by atoms with van der Waals surface area (Å²) in [5, 5.41) is 2.92. The Morgan fingerprint density at radius 3 is 2.70 bits per heavy atom. The molecule has 0 saturated carbocycles. The Balaban J connectivity index is 1.56. The molecule has 1 N–H and O–H groups in total. The average molecular weight is 309 g/mol. The zero-order valence-electron chi connectivity index (χ0n) is 12.9. The summed E-state index contributed by atoms with van der Waals surface area (Å²) in [6.07, 6.45) is 2.15. The average Bonchev–Trinajstić information content (AvgIpc) is 2.59. The molecule has 0 bridgehead atoms. The maximum Gasteiger partial charge on any atom is 0.306 e. The Labute approximate surface area is 135 Å². The molecule has 0 aromatic heterocycles. The van der Waals surface area contributed by atoms with E-state index < -0.39 is 0 Å². The standard InChI is InChI=1S/C19H19NO3/c21-17-11-9-15-7-4-8-16(19(15)20-17)10-12-18(22)23-13-14-5-2-1-3-6-14/h1-8H,9-13H2,(H,20,21). The van der Waals surface area contributed by atoms with Crippen LogP contribution in [0.2, 0.25) is 0 Å². The molecule has 4 heteroatoms. The van der Waals surface area contributed by atoms with Gasteiger partial charge in [-0.25, -0.2) is 0 Å². The summed E-state index contributed by atoms with van der Waals surface area (Å²) in [5.41, 5.74) is 3.98. The van der Waals surface area contributed by atoms with Crippen LogP contribution in [0.1, 0.15) is 29.5 Å². The number of esters is 1. The Morgan fingerprint density at radius 2 is 1.87 bits per heavy atom. The molecule has 1 aliphatic heterocycles. The van der Waals surface area contributed by atoms with E-state index in [0.29, 0.717) is 25.9 Å². The van der Waals surface area contributed by atoms with Crippen molar-refractivity contribution < 1.29 is 14.3 Å². The molecule has 2 aromatic carbocycles. The highest BCUT2D eigenvalue weighted by atomic mass is 16.5. The van der Waals surface area contributed by atoms with Crippen molar-refractivity contribution in [3.05, 3.63) is 65.2 Å². The smallest absolute Gasteiger partial charge is 0.306 e. The van der Waals surface area contributed by atoms with Gasteiger partial charge in [-0.3, -0.25) is 9.59 Å². The van der Waals surface area contributed by atoms with Gasteiger partial charge in [0.15, 0.2) is 0 Å². The number of rotatable bonds is 5. The fourth-order valence-corrected chi connectivity index (χ4v) is 2.73. The van der Waals surface area contributed by atoms with Gasteiger partial charge < -0.3 is 10.1 Å². The van der Waals surface area contributed by atoms with Crippen LogP contribution < -0.4 is 5.32 Å². The molecule has 0 aliphatic carbocycles. The second-order valence-electron chi connectivity index (χ2n) is 5.65. The van der Waals surface area contributed by atoms with Crippen LogP contribution in [0.5, 0.6) is 0 Å². The molecule has 3 rings (SSSR count). The first-order chi connectivity index (χ1) is 11.2. The first-order valence-electron chi connectivity index (χ1n) is 7.82. The van der Waals surface area contributed by atoms with E-state index in [1.165, 1.54) is 0 Å². The number of aryl methyl sites for hydroxylation is 2. The van der Waals surface area contributed by atoms with E-state index in [1.807, 2.05) is 48.5 Å². The van der Waals surface area contributed by atoms with Crippen LogP contribution in [-0.2, 0) is 33.8 Å². The van der Waals surface area contributed by atoms with Crippen molar-refractivity contribution in [1.82, 2.24) is 0 Å². The molecule has 0 saturated heterocycles. The van der Waals surface area contributed by atoms with Crippen molar-refractivity contribution in [1.29, 1.82) is 0 Å². The first kappa shape index (κ1) is 15.3. The van der Waals surface area contributed by atoms with Crippen molar-refractivity contribution in [3.63, 3.8) is 0 Å². The molecule has 118 valence electrons. The molecule has 0 unspecified atom stereocenters. The molecular weight excluding hydrogens is 290 g/mol. The number of fused-ring (bicyclic) bond motifs is 1. The van der Waals surface area contributed by atoms with E-state index in [1.54, 1.807) is 0 Å². The molecule has 1 aliphatic rings. The summed E-state index contributed by atoms with van der Waals surface area (Å²) in [7, 11) is 0. The quantitative estimate of drug-likeness (QED) is 0.863. The van der Waals surface area contributed by atoms with Crippen LogP contribution in [0.3, 0.4) is 0 Å². The minimum atomic E-state index is -0.228. The van der Waals surface area contributed by atoms with Gasteiger partial charge in [0, 0.05) is 18.5 Å². The molecule has 2 aromatic rings. The monoisotopic (exact) mass is 309 g/mol. The largest absolute Gasteiger partial charge is 0.461 e. The number of carbonyl (C=O) groups excluding carboxylic acids is 2. The summed E-state index contributed by atoms with van der Waals surface area (Å²) in [6, 6.07) is 15.6. The highest BCUT2D eigenvalue weighted by Gasteiger charge is 2.18. The topological polar surface area (TPSA) is 55.4 Å². The number of nitrogens with one attached hydrogen (secondary N) is 1. The second-order valence-corrected chi connectivity index (χ2v) is 5.65. The second kappa shape index (κ2) is 7.09. The Morgan fingerprint density at radius 1 is 1.04 bits per heavy atom. The number of hydrogen-bond acceptors (Lipinski definition) is 3. The maximum atomic E-state index is 11.9. The normalized spacial score (nSPS) is 13.1. The molecule has 1 heterocycles. The molecular formula is C19H19NO3. The molecule has 0 atom stereocenters. The molecule has 4 nitrogen and oxygen atoms in total. The Bertz CT molecular complexity index is 710. The van der Waals surface area contributed by atoms with E-state index in [0.717, 1.165) is 28.8 Å². The van der Waals surface area contributed by atoms with Crippen LogP contribution in [0.4, 0.5) is 5.69 Å². The lowest BCUT2D eigenvalue weighted by Gasteiger charge is -2.20. The van der Waals surface area contributed by atoms with E-state index >= 15 is 0 Å². The van der Waals surface area contributed by atoms with E-state index in [-0.39, 0.29) is 11.9 Å². The van der Waals surface area contributed by atoms with E-state index in [9.17, 15) is 9.59 Å². The summed E-state index contributed by atoms with van der Waals surface area (Å²) in [6.45, 7) is 0.295. The van der Waals surface area contributed by atoms with E-state index in [4.69, 9.17) is 4.74 Å². The van der Waals surface area contributed by atoms with Crippen molar-refractivity contribution >= 4 is 17.6 Å².